The highest BCUT2D eigenvalue weighted by molar-refractivity contribution is 7.47. The molecule has 0 heterocycles. The molecule has 0 saturated carbocycles. The maximum Gasteiger partial charge on any atom is 0.472 e. The van der Waals surface area contributed by atoms with Crippen LogP contribution >= 0.6 is 7.82 Å². The SMILES string of the molecule is NC(CCOP(=O)(O)OCCC(O)CO)C(=O)O. The van der Waals surface area contributed by atoms with Crippen molar-refractivity contribution in [2.75, 3.05) is 19.8 Å². The van der Waals surface area contributed by atoms with E-state index in [1.165, 1.54) is 0 Å². The van der Waals surface area contributed by atoms with Gasteiger partial charge in [0, 0.05) is 0 Å². The monoisotopic (exact) mass is 287 g/mol. The van der Waals surface area contributed by atoms with Crippen LogP contribution < -0.4 is 5.73 Å². The van der Waals surface area contributed by atoms with Crippen LogP contribution in [-0.2, 0) is 18.4 Å². The van der Waals surface area contributed by atoms with Crippen molar-refractivity contribution in [3.63, 3.8) is 0 Å². The zero-order valence-electron chi connectivity index (χ0n) is 9.64. The predicted molar refractivity (Wildman–Crippen MR) is 59.7 cm³/mol. The summed E-state index contributed by atoms with van der Waals surface area (Å²) in [4.78, 5) is 19.5. The van der Waals surface area contributed by atoms with Crippen molar-refractivity contribution in [1.82, 2.24) is 0 Å². The van der Waals surface area contributed by atoms with E-state index < -0.39 is 32.5 Å². The minimum absolute atomic E-state index is 0.0287. The highest BCUT2D eigenvalue weighted by Crippen LogP contribution is 2.43. The normalized spacial score (nSPS) is 18.0. The largest absolute Gasteiger partial charge is 0.480 e. The second kappa shape index (κ2) is 8.54. The highest BCUT2D eigenvalue weighted by Gasteiger charge is 2.22. The minimum atomic E-state index is -4.29. The Hall–Kier alpha value is -0.540. The van der Waals surface area contributed by atoms with Gasteiger partial charge in [0.15, 0.2) is 0 Å². The van der Waals surface area contributed by atoms with E-state index >= 15 is 0 Å². The lowest BCUT2D eigenvalue weighted by Crippen LogP contribution is -2.31. The maximum atomic E-state index is 11.2. The Kier molecular flexibility index (Phi) is 8.29. The first kappa shape index (κ1) is 17.5. The summed E-state index contributed by atoms with van der Waals surface area (Å²) < 4.78 is 20.2. The first-order valence-electron chi connectivity index (χ1n) is 5.17. The summed E-state index contributed by atoms with van der Waals surface area (Å²) in [5.41, 5.74) is 5.15. The number of carboxylic acids is 1. The van der Waals surface area contributed by atoms with Crippen LogP contribution in [0.2, 0.25) is 0 Å². The quantitative estimate of drug-likeness (QED) is 0.306. The van der Waals surface area contributed by atoms with Crippen LogP contribution in [0.1, 0.15) is 12.8 Å². The molecule has 108 valence electrons. The number of rotatable bonds is 10. The van der Waals surface area contributed by atoms with Gasteiger partial charge in [0.25, 0.3) is 0 Å². The van der Waals surface area contributed by atoms with E-state index in [2.05, 4.69) is 9.05 Å². The Morgan fingerprint density at radius 2 is 1.78 bits per heavy atom. The van der Waals surface area contributed by atoms with E-state index in [4.69, 9.17) is 25.9 Å². The first-order valence-corrected chi connectivity index (χ1v) is 6.67. The summed E-state index contributed by atoms with van der Waals surface area (Å²) >= 11 is 0. The third-order valence-corrected chi connectivity index (χ3v) is 2.93. The molecule has 18 heavy (non-hydrogen) atoms. The van der Waals surface area contributed by atoms with Gasteiger partial charge < -0.3 is 25.9 Å². The van der Waals surface area contributed by atoms with E-state index in [0.717, 1.165) is 0 Å². The van der Waals surface area contributed by atoms with Gasteiger partial charge in [0.1, 0.15) is 6.04 Å². The number of hydrogen-bond acceptors (Lipinski definition) is 7. The topological polar surface area (TPSA) is 160 Å². The first-order chi connectivity index (χ1) is 8.28. The summed E-state index contributed by atoms with van der Waals surface area (Å²) in [6.07, 6.45) is -1.20. The lowest BCUT2D eigenvalue weighted by atomic mass is 10.2. The number of carboxylic acid groups (broad SMARTS) is 1. The molecular weight excluding hydrogens is 269 g/mol. The average Bonchev–Trinajstić information content (AvgIpc) is 2.27. The molecule has 10 heteroatoms. The van der Waals surface area contributed by atoms with Crippen molar-refractivity contribution in [3.05, 3.63) is 0 Å². The molecule has 3 atom stereocenters. The molecule has 9 nitrogen and oxygen atoms in total. The Morgan fingerprint density at radius 3 is 2.22 bits per heavy atom. The molecule has 0 aliphatic carbocycles. The summed E-state index contributed by atoms with van der Waals surface area (Å²) in [5, 5.41) is 25.9. The molecule has 0 aliphatic rings. The molecule has 0 bridgehead atoms. The molecule has 0 fully saturated rings. The molecule has 3 unspecified atom stereocenters. The molecule has 0 spiro atoms. The van der Waals surface area contributed by atoms with Gasteiger partial charge in [-0.3, -0.25) is 13.8 Å². The Bertz CT molecular complexity index is 299. The van der Waals surface area contributed by atoms with Gasteiger partial charge in [-0.05, 0) is 12.8 Å². The van der Waals surface area contributed by atoms with Gasteiger partial charge in [0.05, 0.1) is 25.9 Å². The minimum Gasteiger partial charge on any atom is -0.480 e. The Labute approximate surface area is 104 Å². The smallest absolute Gasteiger partial charge is 0.472 e. The van der Waals surface area contributed by atoms with Crippen molar-refractivity contribution in [1.29, 1.82) is 0 Å². The van der Waals surface area contributed by atoms with E-state index in [0.29, 0.717) is 0 Å². The fourth-order valence-corrected chi connectivity index (χ4v) is 1.60. The zero-order valence-corrected chi connectivity index (χ0v) is 10.5. The van der Waals surface area contributed by atoms with Gasteiger partial charge in [-0.15, -0.1) is 0 Å². The molecule has 0 aliphatic heterocycles. The molecule has 0 aromatic heterocycles. The fourth-order valence-electron chi connectivity index (χ4n) is 0.851. The van der Waals surface area contributed by atoms with Crippen LogP contribution in [0.25, 0.3) is 0 Å². The molecule has 0 aromatic carbocycles. The lowest BCUT2D eigenvalue weighted by molar-refractivity contribution is -0.138. The zero-order chi connectivity index (χ0) is 14.2. The number of aliphatic carboxylic acids is 1. The molecule has 0 amide bonds. The van der Waals surface area contributed by atoms with Crippen LogP contribution in [0.5, 0.6) is 0 Å². The highest BCUT2D eigenvalue weighted by atomic mass is 31.2. The van der Waals surface area contributed by atoms with Gasteiger partial charge in [-0.1, -0.05) is 0 Å². The second-order valence-corrected chi connectivity index (χ2v) is 4.95. The van der Waals surface area contributed by atoms with Crippen LogP contribution in [0.15, 0.2) is 0 Å². The molecule has 0 saturated heterocycles. The molecule has 6 N–H and O–H groups in total. The van der Waals surface area contributed by atoms with Crippen molar-refractivity contribution in [3.8, 4) is 0 Å². The Morgan fingerprint density at radius 1 is 1.28 bits per heavy atom. The average molecular weight is 287 g/mol. The van der Waals surface area contributed by atoms with Gasteiger partial charge >= 0.3 is 13.8 Å². The number of carbonyl (C=O) groups is 1. The second-order valence-electron chi connectivity index (χ2n) is 3.49. The standard InChI is InChI=1S/C8H18NO8P/c9-7(8(12)13)2-4-17-18(14,15)16-3-1-6(11)5-10/h6-7,10-11H,1-5,9H2,(H,12,13)(H,14,15). The number of aliphatic hydroxyl groups excluding tert-OH is 2. The van der Waals surface area contributed by atoms with E-state index in [-0.39, 0.29) is 26.1 Å². The van der Waals surface area contributed by atoms with Crippen LogP contribution in [0.4, 0.5) is 0 Å². The summed E-state index contributed by atoms with van der Waals surface area (Å²) in [6.45, 7) is -1.10. The van der Waals surface area contributed by atoms with Crippen LogP contribution in [-0.4, -0.2) is 58.1 Å². The Balaban J connectivity index is 3.80. The van der Waals surface area contributed by atoms with E-state index in [1.54, 1.807) is 0 Å². The van der Waals surface area contributed by atoms with Crippen molar-refractivity contribution < 1.29 is 38.6 Å². The van der Waals surface area contributed by atoms with Gasteiger partial charge in [-0.2, -0.15) is 0 Å². The number of hydrogen-bond donors (Lipinski definition) is 5. The summed E-state index contributed by atoms with van der Waals surface area (Å²) in [6, 6.07) is -1.18. The van der Waals surface area contributed by atoms with E-state index in [9.17, 15) is 9.36 Å². The van der Waals surface area contributed by atoms with Crippen molar-refractivity contribution in [2.24, 2.45) is 5.73 Å². The fraction of sp³-hybridized carbons (Fsp3) is 0.875. The summed E-state index contributed by atoms with van der Waals surface area (Å²) in [7, 11) is -4.29. The van der Waals surface area contributed by atoms with Crippen LogP contribution in [0.3, 0.4) is 0 Å². The van der Waals surface area contributed by atoms with E-state index in [1.807, 2.05) is 0 Å². The third kappa shape index (κ3) is 8.54. The predicted octanol–water partition coefficient (Wildman–Crippen LogP) is -1.33. The summed E-state index contributed by atoms with van der Waals surface area (Å²) in [5.74, 6) is -1.24. The third-order valence-electron chi connectivity index (χ3n) is 1.92. The molecule has 0 radical (unpaired) electrons. The number of phosphoric ester groups is 1. The number of nitrogens with two attached hydrogens (primary N) is 1. The molecule has 0 rings (SSSR count). The molecule has 0 aromatic rings. The maximum absolute atomic E-state index is 11.2. The van der Waals surface area contributed by atoms with Gasteiger partial charge in [0.2, 0.25) is 0 Å². The molecular formula is C8H18NO8P. The van der Waals surface area contributed by atoms with Crippen molar-refractivity contribution in [2.45, 2.75) is 25.0 Å². The van der Waals surface area contributed by atoms with Gasteiger partial charge in [-0.25, -0.2) is 4.57 Å². The number of aliphatic hydroxyl groups is 2. The van der Waals surface area contributed by atoms with Crippen molar-refractivity contribution >= 4 is 13.8 Å². The lowest BCUT2D eigenvalue weighted by Gasteiger charge is -2.14. The van der Waals surface area contributed by atoms with Crippen LogP contribution in [0, 0.1) is 0 Å². The number of phosphoric acid groups is 1.